The number of ether oxygens (including phenoxy) is 2. The maximum atomic E-state index is 13.4. The normalized spacial score (nSPS) is 21.4. The zero-order chi connectivity index (χ0) is 23.4. The smallest absolute Gasteiger partial charge is 0.382 e. The van der Waals surface area contributed by atoms with Crippen LogP contribution in [-0.4, -0.2) is 64.6 Å². The summed E-state index contributed by atoms with van der Waals surface area (Å²) in [7, 11) is 1.66. The van der Waals surface area contributed by atoms with Gasteiger partial charge >= 0.3 is 6.18 Å². The Morgan fingerprint density at radius 2 is 1.94 bits per heavy atom. The number of anilines is 1. The second kappa shape index (κ2) is 10.4. The second-order valence-corrected chi connectivity index (χ2v) is 9.54. The summed E-state index contributed by atoms with van der Waals surface area (Å²) in [4.78, 5) is 4.55. The third-order valence-electron chi connectivity index (χ3n) is 6.81. The minimum Gasteiger partial charge on any atom is -0.382 e. The average molecular weight is 454 g/mol. The molecule has 1 aromatic carbocycles. The molecule has 0 radical (unpaired) electrons. The van der Waals surface area contributed by atoms with Crippen molar-refractivity contribution in [3.63, 3.8) is 0 Å². The summed E-state index contributed by atoms with van der Waals surface area (Å²) in [6, 6.07) is 5.71. The largest absolute Gasteiger partial charge is 0.417 e. The first-order valence-corrected chi connectivity index (χ1v) is 11.3. The molecular weight excluding hydrogens is 419 g/mol. The van der Waals surface area contributed by atoms with Gasteiger partial charge in [0.05, 0.1) is 37.0 Å². The minimum atomic E-state index is -4.54. The van der Waals surface area contributed by atoms with E-state index in [2.05, 4.69) is 18.7 Å². The van der Waals surface area contributed by atoms with Crippen LogP contribution in [0, 0.1) is 28.6 Å². The Kier molecular flexibility index (Phi) is 8.07. The van der Waals surface area contributed by atoms with E-state index in [1.165, 1.54) is 6.07 Å². The molecule has 3 rings (SSSR count). The van der Waals surface area contributed by atoms with Gasteiger partial charge in [-0.3, -0.25) is 0 Å². The fourth-order valence-electron chi connectivity index (χ4n) is 5.23. The number of nitrogens with zero attached hydrogens (tertiary/aromatic N) is 3. The highest BCUT2D eigenvalue weighted by Gasteiger charge is 2.48. The van der Waals surface area contributed by atoms with Crippen molar-refractivity contribution < 1.29 is 22.6 Å². The molecule has 1 atom stereocenters. The van der Waals surface area contributed by atoms with Crippen molar-refractivity contribution in [2.24, 2.45) is 17.3 Å². The second-order valence-electron chi connectivity index (χ2n) is 9.54. The number of rotatable bonds is 8. The van der Waals surface area contributed by atoms with Gasteiger partial charge in [0.2, 0.25) is 0 Å². The molecule has 2 fully saturated rings. The van der Waals surface area contributed by atoms with Crippen molar-refractivity contribution in [3.05, 3.63) is 29.3 Å². The van der Waals surface area contributed by atoms with Crippen LogP contribution in [0.3, 0.4) is 0 Å². The molecule has 1 unspecified atom stereocenters. The summed E-state index contributed by atoms with van der Waals surface area (Å²) >= 11 is 0. The van der Waals surface area contributed by atoms with Crippen LogP contribution in [0.15, 0.2) is 18.2 Å². The van der Waals surface area contributed by atoms with E-state index in [0.29, 0.717) is 50.4 Å². The number of piperidine rings is 1. The van der Waals surface area contributed by atoms with E-state index in [1.807, 2.05) is 4.90 Å². The van der Waals surface area contributed by atoms with Crippen LogP contribution >= 0.6 is 0 Å². The van der Waals surface area contributed by atoms with Crippen LogP contribution in [0.5, 0.6) is 0 Å². The molecule has 0 amide bonds. The summed E-state index contributed by atoms with van der Waals surface area (Å²) < 4.78 is 51.2. The van der Waals surface area contributed by atoms with Crippen molar-refractivity contribution >= 4 is 5.69 Å². The number of hydrogen-bond acceptors (Lipinski definition) is 5. The van der Waals surface area contributed by atoms with Crippen LogP contribution in [0.2, 0.25) is 0 Å². The fraction of sp³-hybridized carbons (Fsp3) is 0.708. The molecule has 1 aromatic rings. The standard InChI is InChI=1S/C24H34F3N3O2/c1-18(2)14-29-15-20(16-32-11-10-31-3)23(17-29)6-8-30(9-7-23)21-5-4-19(13-28)22(12-21)24(25,26)27/h4-5,12,18,20H,6-11,14-17H2,1-3H3. The van der Waals surface area contributed by atoms with Gasteiger partial charge in [-0.1, -0.05) is 13.8 Å². The van der Waals surface area contributed by atoms with E-state index in [4.69, 9.17) is 14.7 Å². The molecule has 8 heteroatoms. The third-order valence-corrected chi connectivity index (χ3v) is 6.81. The van der Waals surface area contributed by atoms with Crippen LogP contribution in [0.4, 0.5) is 18.9 Å². The van der Waals surface area contributed by atoms with Crippen molar-refractivity contribution in [1.29, 1.82) is 5.26 Å². The number of alkyl halides is 3. The van der Waals surface area contributed by atoms with Gasteiger partial charge in [0.25, 0.3) is 0 Å². The third kappa shape index (κ3) is 5.75. The minimum absolute atomic E-state index is 0.123. The summed E-state index contributed by atoms with van der Waals surface area (Å²) in [5.41, 5.74) is -0.525. The quantitative estimate of drug-likeness (QED) is 0.546. The number of halogens is 3. The average Bonchev–Trinajstić information content (AvgIpc) is 3.06. The molecule has 0 bridgehead atoms. The number of nitriles is 1. The molecule has 0 saturated carbocycles. The van der Waals surface area contributed by atoms with Gasteiger partial charge in [0.15, 0.2) is 0 Å². The molecule has 2 heterocycles. The molecule has 5 nitrogen and oxygen atoms in total. The zero-order valence-electron chi connectivity index (χ0n) is 19.2. The first-order valence-electron chi connectivity index (χ1n) is 11.3. The molecule has 0 aliphatic carbocycles. The predicted octanol–water partition coefficient (Wildman–Crippen LogP) is 4.41. The van der Waals surface area contributed by atoms with Gasteiger partial charge in [-0.15, -0.1) is 0 Å². The molecule has 2 aliphatic rings. The van der Waals surface area contributed by atoms with Gasteiger partial charge in [-0.25, -0.2) is 0 Å². The number of benzene rings is 1. The van der Waals surface area contributed by atoms with Gasteiger partial charge in [0, 0.05) is 51.4 Å². The number of hydrogen-bond donors (Lipinski definition) is 0. The monoisotopic (exact) mass is 453 g/mol. The van der Waals surface area contributed by atoms with Gasteiger partial charge < -0.3 is 19.3 Å². The number of methoxy groups -OCH3 is 1. The highest BCUT2D eigenvalue weighted by Crippen LogP contribution is 2.46. The molecule has 0 N–H and O–H groups in total. The van der Waals surface area contributed by atoms with Crippen LogP contribution in [-0.2, 0) is 15.7 Å². The Hall–Kier alpha value is -1.82. The fourth-order valence-corrected chi connectivity index (χ4v) is 5.23. The van der Waals surface area contributed by atoms with Gasteiger partial charge in [-0.05, 0) is 42.4 Å². The van der Waals surface area contributed by atoms with Crippen molar-refractivity contribution in [1.82, 2.24) is 4.90 Å². The molecular formula is C24H34F3N3O2. The Labute approximate surface area is 189 Å². The van der Waals surface area contributed by atoms with E-state index in [1.54, 1.807) is 19.2 Å². The van der Waals surface area contributed by atoms with Crippen molar-refractivity contribution in [2.75, 3.05) is 64.6 Å². The van der Waals surface area contributed by atoms with E-state index in [9.17, 15) is 13.2 Å². The molecule has 1 spiro atoms. The molecule has 32 heavy (non-hydrogen) atoms. The highest BCUT2D eigenvalue weighted by molar-refractivity contribution is 5.55. The first kappa shape index (κ1) is 24.8. The SMILES string of the molecule is COCCOCC1CN(CC(C)C)CC12CCN(c1ccc(C#N)c(C(F)(F)F)c1)CC2. The lowest BCUT2D eigenvalue weighted by Gasteiger charge is -2.43. The first-order chi connectivity index (χ1) is 15.2. The van der Waals surface area contributed by atoms with E-state index >= 15 is 0 Å². The summed E-state index contributed by atoms with van der Waals surface area (Å²) in [6.07, 6.45) is -2.70. The summed E-state index contributed by atoms with van der Waals surface area (Å²) in [5.74, 6) is 0.992. The predicted molar refractivity (Wildman–Crippen MR) is 118 cm³/mol. The molecule has 2 saturated heterocycles. The van der Waals surface area contributed by atoms with Crippen molar-refractivity contribution in [3.8, 4) is 6.07 Å². The maximum absolute atomic E-state index is 13.4. The number of likely N-dealkylation sites (tertiary alicyclic amines) is 1. The zero-order valence-corrected chi connectivity index (χ0v) is 19.2. The highest BCUT2D eigenvalue weighted by atomic mass is 19.4. The molecule has 2 aliphatic heterocycles. The topological polar surface area (TPSA) is 48.7 Å². The Balaban J connectivity index is 1.71. The van der Waals surface area contributed by atoms with E-state index in [-0.39, 0.29) is 11.0 Å². The lowest BCUT2D eigenvalue weighted by atomic mass is 9.71. The Morgan fingerprint density at radius 3 is 2.53 bits per heavy atom. The summed E-state index contributed by atoms with van der Waals surface area (Å²) in [5, 5.41) is 9.06. The summed E-state index contributed by atoms with van der Waals surface area (Å²) in [6.45, 7) is 10.7. The molecule has 0 aromatic heterocycles. The lowest BCUT2D eigenvalue weighted by Crippen LogP contribution is -2.45. The van der Waals surface area contributed by atoms with E-state index in [0.717, 1.165) is 38.5 Å². The van der Waals surface area contributed by atoms with Crippen LogP contribution in [0.25, 0.3) is 0 Å². The van der Waals surface area contributed by atoms with Crippen molar-refractivity contribution in [2.45, 2.75) is 32.9 Å². The van der Waals surface area contributed by atoms with Crippen LogP contribution < -0.4 is 4.90 Å². The van der Waals surface area contributed by atoms with E-state index < -0.39 is 11.7 Å². The Bertz CT molecular complexity index is 799. The van der Waals surface area contributed by atoms with Gasteiger partial charge in [0.1, 0.15) is 0 Å². The van der Waals surface area contributed by atoms with Crippen LogP contribution in [0.1, 0.15) is 37.8 Å². The van der Waals surface area contributed by atoms with Gasteiger partial charge in [-0.2, -0.15) is 18.4 Å². The lowest BCUT2D eigenvalue weighted by molar-refractivity contribution is -0.137. The maximum Gasteiger partial charge on any atom is 0.417 e. The molecule has 178 valence electrons. The Morgan fingerprint density at radius 1 is 1.22 bits per heavy atom.